The number of hydrogen-bond acceptors (Lipinski definition) is 4. The summed E-state index contributed by atoms with van der Waals surface area (Å²) in [4.78, 5) is 16.7. The molecule has 0 aliphatic carbocycles. The van der Waals surface area contributed by atoms with Crippen LogP contribution >= 0.6 is 24.0 Å². The fraction of sp³-hybridized carbons (Fsp3) is 0.364. The molecule has 1 atom stereocenters. The second kappa shape index (κ2) is 9.96. The number of nitrogens with two attached hydrogens (primary N) is 1. The molecule has 2 aromatic rings. The average molecular weight is 509 g/mol. The van der Waals surface area contributed by atoms with Crippen molar-refractivity contribution in [1.29, 1.82) is 0 Å². The summed E-state index contributed by atoms with van der Waals surface area (Å²) in [5.41, 5.74) is 8.05. The number of benzene rings is 2. The summed E-state index contributed by atoms with van der Waals surface area (Å²) in [5.74, 6) is 0.900. The Morgan fingerprint density at radius 2 is 2.00 bits per heavy atom. The highest BCUT2D eigenvalue weighted by Gasteiger charge is 2.21. The molecule has 1 aliphatic heterocycles. The maximum absolute atomic E-state index is 12.2. The molecule has 0 fully saturated rings. The van der Waals surface area contributed by atoms with E-state index in [0.29, 0.717) is 24.7 Å². The number of aliphatic imine (C=N–C) groups is 1. The third kappa shape index (κ3) is 6.62. The second-order valence-corrected chi connectivity index (χ2v) is 7.78. The SMILES string of the molecule is CC(C)(C)OC(=O)c1cccc(CN=C(N)NC2CCOc3ccccc32)c1.I. The van der Waals surface area contributed by atoms with E-state index in [1.165, 1.54) is 0 Å². The molecule has 3 rings (SSSR count). The van der Waals surface area contributed by atoms with Gasteiger partial charge in [-0.15, -0.1) is 24.0 Å². The molecule has 0 radical (unpaired) electrons. The standard InChI is InChI=1S/C22H27N3O3.HI/c1-22(2,3)28-20(26)16-8-6-7-15(13-16)14-24-21(23)25-18-11-12-27-19-10-5-4-9-17(18)19;/h4-10,13,18H,11-12,14H2,1-3H3,(H3,23,24,25);1H. The van der Waals surface area contributed by atoms with E-state index in [1.807, 2.05) is 57.2 Å². The van der Waals surface area contributed by atoms with E-state index < -0.39 is 5.60 Å². The molecule has 156 valence electrons. The van der Waals surface area contributed by atoms with E-state index in [0.717, 1.165) is 23.3 Å². The molecule has 0 amide bonds. The molecule has 3 N–H and O–H groups in total. The number of para-hydroxylation sites is 1. The fourth-order valence-corrected chi connectivity index (χ4v) is 3.03. The van der Waals surface area contributed by atoms with Crippen molar-refractivity contribution in [1.82, 2.24) is 5.32 Å². The maximum atomic E-state index is 12.2. The Labute approximate surface area is 188 Å². The molecule has 0 saturated carbocycles. The predicted octanol–water partition coefficient (Wildman–Crippen LogP) is 4.19. The van der Waals surface area contributed by atoms with Gasteiger partial charge in [0.05, 0.1) is 24.8 Å². The van der Waals surface area contributed by atoms with E-state index in [4.69, 9.17) is 15.2 Å². The Kier molecular flexibility index (Phi) is 7.89. The van der Waals surface area contributed by atoms with Crippen LogP contribution in [0.4, 0.5) is 0 Å². The van der Waals surface area contributed by atoms with Gasteiger partial charge in [0.2, 0.25) is 0 Å². The number of ether oxygens (including phenoxy) is 2. The fourth-order valence-electron chi connectivity index (χ4n) is 3.03. The van der Waals surface area contributed by atoms with Gasteiger partial charge in [-0.2, -0.15) is 0 Å². The van der Waals surface area contributed by atoms with Crippen LogP contribution in [0.3, 0.4) is 0 Å². The van der Waals surface area contributed by atoms with Crippen LogP contribution in [0.2, 0.25) is 0 Å². The Morgan fingerprint density at radius 1 is 1.24 bits per heavy atom. The highest BCUT2D eigenvalue weighted by Crippen LogP contribution is 2.31. The largest absolute Gasteiger partial charge is 0.493 e. The Morgan fingerprint density at radius 3 is 2.76 bits per heavy atom. The normalized spacial score (nSPS) is 16.1. The molecule has 1 heterocycles. The summed E-state index contributed by atoms with van der Waals surface area (Å²) in [5, 5.41) is 3.27. The topological polar surface area (TPSA) is 85.9 Å². The van der Waals surface area contributed by atoms with E-state index in [2.05, 4.69) is 10.3 Å². The van der Waals surface area contributed by atoms with Gasteiger partial charge in [0.1, 0.15) is 11.4 Å². The molecule has 1 unspecified atom stereocenters. The summed E-state index contributed by atoms with van der Waals surface area (Å²) < 4.78 is 11.1. The van der Waals surface area contributed by atoms with Crippen molar-refractivity contribution in [2.75, 3.05) is 6.61 Å². The molecule has 1 aliphatic rings. The van der Waals surface area contributed by atoms with Crippen LogP contribution < -0.4 is 15.8 Å². The van der Waals surface area contributed by atoms with Gasteiger partial charge in [-0.05, 0) is 44.5 Å². The number of fused-ring (bicyclic) bond motifs is 1. The third-order valence-electron chi connectivity index (χ3n) is 4.27. The van der Waals surface area contributed by atoms with Crippen LogP contribution in [0.5, 0.6) is 5.75 Å². The number of carbonyl (C=O) groups excluding carboxylic acids is 1. The lowest BCUT2D eigenvalue weighted by Gasteiger charge is -2.26. The molecule has 0 aromatic heterocycles. The van der Waals surface area contributed by atoms with Crippen LogP contribution in [0.1, 0.15) is 54.7 Å². The Balaban J connectivity index is 0.00000300. The van der Waals surface area contributed by atoms with E-state index in [1.54, 1.807) is 12.1 Å². The van der Waals surface area contributed by atoms with Gasteiger partial charge in [-0.1, -0.05) is 30.3 Å². The number of nitrogens with one attached hydrogen (secondary N) is 1. The summed E-state index contributed by atoms with van der Waals surface area (Å²) in [7, 11) is 0. The van der Waals surface area contributed by atoms with E-state index >= 15 is 0 Å². The number of carbonyl (C=O) groups is 1. The van der Waals surface area contributed by atoms with Crippen molar-refractivity contribution in [2.45, 2.75) is 45.4 Å². The monoisotopic (exact) mass is 509 g/mol. The summed E-state index contributed by atoms with van der Waals surface area (Å²) >= 11 is 0. The molecule has 0 spiro atoms. The van der Waals surface area contributed by atoms with Crippen LogP contribution in [0, 0.1) is 0 Å². The molecule has 7 heteroatoms. The van der Waals surface area contributed by atoms with Gasteiger partial charge in [-0.25, -0.2) is 9.79 Å². The first kappa shape index (κ1) is 23.0. The number of rotatable bonds is 4. The molecular weight excluding hydrogens is 481 g/mol. The van der Waals surface area contributed by atoms with Crippen molar-refractivity contribution in [3.63, 3.8) is 0 Å². The first-order valence-electron chi connectivity index (χ1n) is 9.42. The summed E-state index contributed by atoms with van der Waals surface area (Å²) in [6.07, 6.45) is 0.821. The Hall–Kier alpha value is -2.29. The third-order valence-corrected chi connectivity index (χ3v) is 4.27. The van der Waals surface area contributed by atoms with Crippen LogP contribution in [0.25, 0.3) is 0 Å². The molecule has 0 saturated heterocycles. The zero-order valence-corrected chi connectivity index (χ0v) is 19.3. The number of halogens is 1. The zero-order valence-electron chi connectivity index (χ0n) is 17.0. The minimum atomic E-state index is -0.528. The lowest BCUT2D eigenvalue weighted by atomic mass is 10.0. The van der Waals surface area contributed by atoms with Crippen molar-refractivity contribution in [3.05, 3.63) is 65.2 Å². The van der Waals surface area contributed by atoms with Gasteiger partial charge >= 0.3 is 5.97 Å². The van der Waals surface area contributed by atoms with Crippen LogP contribution in [-0.4, -0.2) is 24.1 Å². The molecule has 2 aromatic carbocycles. The molecule has 0 bridgehead atoms. The Bertz CT molecular complexity index is 878. The van der Waals surface area contributed by atoms with Gasteiger partial charge in [-0.3, -0.25) is 0 Å². The lowest BCUT2D eigenvalue weighted by molar-refractivity contribution is 0.00694. The first-order valence-corrected chi connectivity index (χ1v) is 9.42. The van der Waals surface area contributed by atoms with Gasteiger partial charge in [0.25, 0.3) is 0 Å². The summed E-state index contributed by atoms with van der Waals surface area (Å²) in [6.45, 7) is 6.56. The van der Waals surface area contributed by atoms with E-state index in [-0.39, 0.29) is 36.0 Å². The van der Waals surface area contributed by atoms with Gasteiger partial charge < -0.3 is 20.5 Å². The number of hydrogen-bond donors (Lipinski definition) is 2. The number of guanidine groups is 1. The van der Waals surface area contributed by atoms with Crippen molar-refractivity contribution in [3.8, 4) is 5.75 Å². The maximum Gasteiger partial charge on any atom is 0.338 e. The van der Waals surface area contributed by atoms with Crippen molar-refractivity contribution >= 4 is 35.9 Å². The molecule has 29 heavy (non-hydrogen) atoms. The molecule has 6 nitrogen and oxygen atoms in total. The van der Waals surface area contributed by atoms with E-state index in [9.17, 15) is 4.79 Å². The predicted molar refractivity (Wildman–Crippen MR) is 125 cm³/mol. The van der Waals surface area contributed by atoms with Crippen molar-refractivity contribution < 1.29 is 14.3 Å². The van der Waals surface area contributed by atoms with Crippen molar-refractivity contribution in [2.24, 2.45) is 10.7 Å². The van der Waals surface area contributed by atoms with Gasteiger partial charge in [0, 0.05) is 12.0 Å². The molecular formula is C22H28IN3O3. The number of nitrogens with zero attached hydrogens (tertiary/aromatic N) is 1. The second-order valence-electron chi connectivity index (χ2n) is 7.78. The average Bonchev–Trinajstić information content (AvgIpc) is 2.66. The quantitative estimate of drug-likeness (QED) is 0.280. The summed E-state index contributed by atoms with van der Waals surface area (Å²) in [6, 6.07) is 15.3. The minimum absolute atomic E-state index is 0. The number of esters is 1. The van der Waals surface area contributed by atoms with Crippen LogP contribution in [0.15, 0.2) is 53.5 Å². The minimum Gasteiger partial charge on any atom is -0.493 e. The van der Waals surface area contributed by atoms with Crippen LogP contribution in [-0.2, 0) is 11.3 Å². The lowest BCUT2D eigenvalue weighted by Crippen LogP contribution is -2.37. The highest BCUT2D eigenvalue weighted by molar-refractivity contribution is 14.0. The highest BCUT2D eigenvalue weighted by atomic mass is 127. The first-order chi connectivity index (χ1) is 13.3. The smallest absolute Gasteiger partial charge is 0.338 e. The zero-order chi connectivity index (χ0) is 20.1. The van der Waals surface area contributed by atoms with Gasteiger partial charge in [0.15, 0.2) is 5.96 Å².